The van der Waals surface area contributed by atoms with Crippen LogP contribution in [0.15, 0.2) is 203 Å². The number of fused-ring (bicyclic) bond motifs is 14. The molecule has 57 heavy (non-hydrogen) atoms. The number of hydrogen-bond acceptors (Lipinski definition) is 0. The molecule has 1 nitrogen and oxygen atoms in total. The van der Waals surface area contributed by atoms with Crippen LogP contribution in [0.3, 0.4) is 0 Å². The molecular formula is C53H34Br2IN. The predicted octanol–water partition coefficient (Wildman–Crippen LogP) is 16.5. The van der Waals surface area contributed by atoms with Crippen LogP contribution in [0.1, 0.15) is 11.1 Å². The maximum absolute atomic E-state index is 3.56. The molecule has 0 bridgehead atoms. The standard InChI is InChI=1S/C26H16BrN.C21H14.C6H4BrI/c27-19-11-13-20(14-12-19)28-23-15-9-17-5-1-3-7-21(17)25(23)26-22-8-4-2-6-18(22)10-16-24(26)28;1-3-7-18-14(5-1)9-11-16-13-17-12-10-15-6-2-4-8-19(15)21(17)20(16)18;7-5-1-3-6(8)4-2-5/h1-16H;1-12H,13H2;1-4H. The van der Waals surface area contributed by atoms with Crippen molar-refractivity contribution < 1.29 is 0 Å². The number of aromatic nitrogens is 1. The molecule has 0 saturated carbocycles. The zero-order valence-electron chi connectivity index (χ0n) is 30.8. The molecule has 4 heteroatoms. The average Bonchev–Trinajstić information content (AvgIpc) is 3.83. The molecular weight excluding hydrogens is 937 g/mol. The van der Waals surface area contributed by atoms with E-state index in [9.17, 15) is 0 Å². The molecule has 1 heterocycles. The number of halogens is 3. The van der Waals surface area contributed by atoms with Gasteiger partial charge in [0.2, 0.25) is 0 Å². The van der Waals surface area contributed by atoms with Gasteiger partial charge in [-0.05, 0) is 155 Å². The quantitative estimate of drug-likeness (QED) is 0.145. The van der Waals surface area contributed by atoms with Gasteiger partial charge in [-0.3, -0.25) is 0 Å². The van der Waals surface area contributed by atoms with Gasteiger partial charge >= 0.3 is 0 Å². The highest BCUT2D eigenvalue weighted by Gasteiger charge is 2.22. The van der Waals surface area contributed by atoms with Gasteiger partial charge < -0.3 is 4.57 Å². The van der Waals surface area contributed by atoms with E-state index in [2.05, 4.69) is 241 Å². The number of benzene rings is 10. The Kier molecular flexibility index (Phi) is 9.65. The van der Waals surface area contributed by atoms with Gasteiger partial charge in [0.25, 0.3) is 0 Å². The summed E-state index contributed by atoms with van der Waals surface area (Å²) in [6.45, 7) is 0. The Morgan fingerprint density at radius 3 is 1.18 bits per heavy atom. The van der Waals surface area contributed by atoms with E-state index in [-0.39, 0.29) is 0 Å². The van der Waals surface area contributed by atoms with Crippen LogP contribution >= 0.6 is 54.5 Å². The highest BCUT2D eigenvalue weighted by atomic mass is 127. The number of hydrogen-bond donors (Lipinski definition) is 0. The van der Waals surface area contributed by atoms with E-state index in [1.54, 1.807) is 0 Å². The summed E-state index contributed by atoms with van der Waals surface area (Å²) in [6.07, 6.45) is 1.06. The highest BCUT2D eigenvalue weighted by molar-refractivity contribution is 14.1. The molecule has 0 atom stereocenters. The number of nitrogens with zero attached hydrogens (tertiary/aromatic N) is 1. The Labute approximate surface area is 362 Å². The molecule has 1 aromatic heterocycles. The van der Waals surface area contributed by atoms with Crippen LogP contribution in [0.5, 0.6) is 0 Å². The second-order valence-electron chi connectivity index (χ2n) is 14.4. The first kappa shape index (κ1) is 36.1. The first-order valence-electron chi connectivity index (χ1n) is 19.0. The van der Waals surface area contributed by atoms with Crippen molar-refractivity contribution in [3.63, 3.8) is 0 Å². The Balaban J connectivity index is 0.000000120. The molecule has 12 rings (SSSR count). The smallest absolute Gasteiger partial charge is 0.0547 e. The minimum atomic E-state index is 1.06. The molecule has 1 aliphatic carbocycles. The highest BCUT2D eigenvalue weighted by Crippen LogP contribution is 2.45. The Bertz CT molecular complexity index is 3090. The van der Waals surface area contributed by atoms with Gasteiger partial charge in [0.15, 0.2) is 0 Å². The van der Waals surface area contributed by atoms with Crippen LogP contribution in [-0.2, 0) is 6.42 Å². The fourth-order valence-corrected chi connectivity index (χ4v) is 9.46. The van der Waals surface area contributed by atoms with E-state index in [0.29, 0.717) is 0 Å². The monoisotopic (exact) mass is 969 g/mol. The average molecular weight is 972 g/mol. The fourth-order valence-electron chi connectivity index (χ4n) is 8.57. The van der Waals surface area contributed by atoms with Gasteiger partial charge in [0.05, 0.1) is 11.0 Å². The summed E-state index contributed by atoms with van der Waals surface area (Å²) < 4.78 is 5.88. The lowest BCUT2D eigenvalue weighted by molar-refractivity contribution is 1.18. The van der Waals surface area contributed by atoms with Gasteiger partial charge in [-0.2, -0.15) is 0 Å². The Morgan fingerprint density at radius 2 is 0.737 bits per heavy atom. The van der Waals surface area contributed by atoms with E-state index in [4.69, 9.17) is 0 Å². The van der Waals surface area contributed by atoms with Gasteiger partial charge in [0.1, 0.15) is 0 Å². The minimum absolute atomic E-state index is 1.06. The third-order valence-corrected chi connectivity index (χ3v) is 12.9. The second-order valence-corrected chi connectivity index (χ2v) is 17.5. The maximum atomic E-state index is 3.56. The zero-order chi connectivity index (χ0) is 38.5. The summed E-state index contributed by atoms with van der Waals surface area (Å²) in [5.74, 6) is 0. The van der Waals surface area contributed by atoms with Crippen molar-refractivity contribution in [2.24, 2.45) is 0 Å². The normalized spacial score (nSPS) is 11.7. The van der Waals surface area contributed by atoms with Crippen molar-refractivity contribution in [2.75, 3.05) is 0 Å². The van der Waals surface area contributed by atoms with Gasteiger partial charge in [0, 0.05) is 29.0 Å². The van der Waals surface area contributed by atoms with Crippen LogP contribution in [0, 0.1) is 3.57 Å². The van der Waals surface area contributed by atoms with Crippen LogP contribution in [0.25, 0.3) is 81.7 Å². The van der Waals surface area contributed by atoms with Crippen molar-refractivity contribution in [1.29, 1.82) is 0 Å². The molecule has 11 aromatic rings. The molecule has 0 fully saturated rings. The molecule has 0 amide bonds. The van der Waals surface area contributed by atoms with Gasteiger partial charge in [-0.25, -0.2) is 0 Å². The first-order valence-corrected chi connectivity index (χ1v) is 21.7. The van der Waals surface area contributed by atoms with E-state index >= 15 is 0 Å². The van der Waals surface area contributed by atoms with E-state index < -0.39 is 0 Å². The summed E-state index contributed by atoms with van der Waals surface area (Å²) >= 11 is 9.18. The van der Waals surface area contributed by atoms with Crippen molar-refractivity contribution in [2.45, 2.75) is 6.42 Å². The SMILES string of the molecule is Brc1ccc(-n2c3ccc4ccccc4c3c3c4ccccc4ccc32)cc1.Brc1ccc(I)cc1.c1ccc2c3c(ccc2c1)Cc1ccc2ccccc2c1-3. The lowest BCUT2D eigenvalue weighted by atomic mass is 9.94. The number of rotatable bonds is 1. The third kappa shape index (κ3) is 6.64. The van der Waals surface area contributed by atoms with Crippen molar-refractivity contribution in [1.82, 2.24) is 4.57 Å². The van der Waals surface area contributed by atoms with Crippen LogP contribution in [0.4, 0.5) is 0 Å². The summed E-state index contributed by atoms with van der Waals surface area (Å²) in [7, 11) is 0. The Morgan fingerprint density at radius 1 is 0.368 bits per heavy atom. The lowest BCUT2D eigenvalue weighted by Crippen LogP contribution is -1.93. The molecule has 10 aromatic carbocycles. The third-order valence-electron chi connectivity index (χ3n) is 11.1. The van der Waals surface area contributed by atoms with E-state index in [1.807, 2.05) is 12.1 Å². The largest absolute Gasteiger partial charge is 0.309 e. The minimum Gasteiger partial charge on any atom is -0.309 e. The molecule has 0 unspecified atom stereocenters. The van der Waals surface area contributed by atoms with E-state index in [1.165, 1.54) is 96.4 Å². The summed E-state index contributed by atoms with van der Waals surface area (Å²) in [4.78, 5) is 0. The molecule has 1 aliphatic rings. The van der Waals surface area contributed by atoms with Gasteiger partial charge in [-0.1, -0.05) is 165 Å². The van der Waals surface area contributed by atoms with Crippen LogP contribution < -0.4 is 0 Å². The van der Waals surface area contributed by atoms with Crippen molar-refractivity contribution in [3.05, 3.63) is 218 Å². The second kappa shape index (κ2) is 15.2. The Hall–Kier alpha value is -5.27. The lowest BCUT2D eigenvalue weighted by Gasteiger charge is -2.09. The first-order chi connectivity index (χ1) is 28.0. The van der Waals surface area contributed by atoms with E-state index in [0.717, 1.165) is 15.4 Å². The van der Waals surface area contributed by atoms with Crippen LogP contribution in [0.2, 0.25) is 0 Å². The molecule has 0 radical (unpaired) electrons. The zero-order valence-corrected chi connectivity index (χ0v) is 36.1. The fraction of sp³-hybridized carbons (Fsp3) is 0.0189. The summed E-state index contributed by atoms with van der Waals surface area (Å²) in [5, 5.41) is 13.2. The topological polar surface area (TPSA) is 4.93 Å². The summed E-state index contributed by atoms with van der Waals surface area (Å²) in [5.41, 5.74) is 9.47. The maximum Gasteiger partial charge on any atom is 0.0547 e. The molecule has 0 N–H and O–H groups in total. The predicted molar refractivity (Wildman–Crippen MR) is 260 cm³/mol. The molecule has 0 saturated heterocycles. The molecule has 0 spiro atoms. The van der Waals surface area contributed by atoms with Gasteiger partial charge in [-0.15, -0.1) is 0 Å². The van der Waals surface area contributed by atoms with Crippen molar-refractivity contribution in [3.8, 4) is 16.8 Å². The summed E-state index contributed by atoms with van der Waals surface area (Å²) in [6, 6.07) is 69.6. The molecule has 0 aliphatic heterocycles. The van der Waals surface area contributed by atoms with Crippen molar-refractivity contribution >= 4 is 119 Å². The van der Waals surface area contributed by atoms with Crippen LogP contribution in [-0.4, -0.2) is 4.57 Å². The molecule has 272 valence electrons.